The fraction of sp³-hybridized carbons (Fsp3) is 0.909. The fourth-order valence-corrected chi connectivity index (χ4v) is 1.26. The Morgan fingerprint density at radius 3 is 2.40 bits per heavy atom. The monoisotopic (exact) mass is 217 g/mol. The summed E-state index contributed by atoms with van der Waals surface area (Å²) in [6.45, 7) is 9.34. The molecule has 0 aromatic heterocycles. The number of hydrogen-bond acceptors (Lipinski definition) is 4. The third kappa shape index (κ3) is 6.47. The fourth-order valence-electron chi connectivity index (χ4n) is 1.26. The van der Waals surface area contributed by atoms with Crippen LogP contribution >= 0.6 is 0 Å². The van der Waals surface area contributed by atoms with Gasteiger partial charge in [0.25, 0.3) is 0 Å². The molecule has 15 heavy (non-hydrogen) atoms. The highest BCUT2D eigenvalue weighted by Crippen LogP contribution is 2.10. The smallest absolute Gasteiger partial charge is 0.320 e. The summed E-state index contributed by atoms with van der Waals surface area (Å²) in [5.74, 6) is -0.230. The van der Waals surface area contributed by atoms with Gasteiger partial charge in [0, 0.05) is 6.54 Å². The van der Waals surface area contributed by atoms with Crippen molar-refractivity contribution in [2.24, 2.45) is 0 Å². The van der Waals surface area contributed by atoms with Crippen LogP contribution in [-0.4, -0.2) is 47.8 Å². The Kier molecular flexibility index (Phi) is 6.52. The van der Waals surface area contributed by atoms with Crippen LogP contribution in [0.25, 0.3) is 0 Å². The van der Waals surface area contributed by atoms with Crippen molar-refractivity contribution in [1.29, 1.82) is 0 Å². The van der Waals surface area contributed by atoms with E-state index in [1.54, 1.807) is 13.8 Å². The summed E-state index contributed by atoms with van der Waals surface area (Å²) in [5.41, 5.74) is -0.734. The molecule has 0 saturated carbocycles. The Morgan fingerprint density at radius 1 is 1.40 bits per heavy atom. The van der Waals surface area contributed by atoms with Gasteiger partial charge in [-0.25, -0.2) is 0 Å². The van der Waals surface area contributed by atoms with E-state index in [9.17, 15) is 9.90 Å². The van der Waals surface area contributed by atoms with Crippen molar-refractivity contribution in [1.82, 2.24) is 4.90 Å². The van der Waals surface area contributed by atoms with Crippen molar-refractivity contribution in [3.8, 4) is 0 Å². The molecule has 0 fully saturated rings. The minimum absolute atomic E-state index is 0.230. The molecule has 0 radical (unpaired) electrons. The number of aliphatic hydroxyl groups is 1. The van der Waals surface area contributed by atoms with Crippen LogP contribution in [0.3, 0.4) is 0 Å². The molecule has 0 aliphatic carbocycles. The van der Waals surface area contributed by atoms with Crippen molar-refractivity contribution in [3.05, 3.63) is 0 Å². The maximum Gasteiger partial charge on any atom is 0.320 e. The highest BCUT2D eigenvalue weighted by atomic mass is 16.5. The predicted octanol–water partition coefficient (Wildman–Crippen LogP) is 1.03. The first-order valence-electron chi connectivity index (χ1n) is 5.55. The molecule has 4 heteroatoms. The lowest BCUT2D eigenvalue weighted by Gasteiger charge is -2.29. The van der Waals surface area contributed by atoms with Crippen LogP contribution in [-0.2, 0) is 9.53 Å². The van der Waals surface area contributed by atoms with Gasteiger partial charge in [0.1, 0.15) is 0 Å². The molecule has 4 nitrogen and oxygen atoms in total. The SMILES string of the molecule is CCOC(=O)CN(CC)CC(C)(O)CC. The Hall–Kier alpha value is -0.610. The van der Waals surface area contributed by atoms with E-state index < -0.39 is 5.60 Å². The Morgan fingerprint density at radius 2 is 2.00 bits per heavy atom. The van der Waals surface area contributed by atoms with Gasteiger partial charge in [0.05, 0.1) is 18.8 Å². The van der Waals surface area contributed by atoms with Gasteiger partial charge in [-0.2, -0.15) is 0 Å². The summed E-state index contributed by atoms with van der Waals surface area (Å²) in [6.07, 6.45) is 0.673. The molecule has 1 atom stereocenters. The molecule has 0 amide bonds. The van der Waals surface area contributed by atoms with Gasteiger partial charge in [-0.1, -0.05) is 13.8 Å². The van der Waals surface area contributed by atoms with E-state index in [0.29, 0.717) is 19.6 Å². The number of rotatable bonds is 7. The van der Waals surface area contributed by atoms with Crippen molar-refractivity contribution in [3.63, 3.8) is 0 Å². The number of ether oxygens (including phenoxy) is 1. The van der Waals surface area contributed by atoms with Crippen LogP contribution in [0.1, 0.15) is 34.1 Å². The van der Waals surface area contributed by atoms with Gasteiger partial charge < -0.3 is 9.84 Å². The van der Waals surface area contributed by atoms with Gasteiger partial charge in [0.2, 0.25) is 0 Å². The number of hydrogen-bond donors (Lipinski definition) is 1. The normalized spacial score (nSPS) is 15.1. The van der Waals surface area contributed by atoms with Gasteiger partial charge in [-0.3, -0.25) is 9.69 Å². The molecule has 1 N–H and O–H groups in total. The predicted molar refractivity (Wildman–Crippen MR) is 59.7 cm³/mol. The summed E-state index contributed by atoms with van der Waals surface area (Å²) < 4.78 is 4.86. The quantitative estimate of drug-likeness (QED) is 0.647. The zero-order chi connectivity index (χ0) is 11.9. The maximum atomic E-state index is 11.2. The summed E-state index contributed by atoms with van der Waals surface area (Å²) in [4.78, 5) is 13.1. The highest BCUT2D eigenvalue weighted by molar-refractivity contribution is 5.71. The Balaban J connectivity index is 4.08. The zero-order valence-corrected chi connectivity index (χ0v) is 10.2. The lowest BCUT2D eigenvalue weighted by molar-refractivity contribution is -0.145. The Bertz CT molecular complexity index is 192. The van der Waals surface area contributed by atoms with Crippen LogP contribution < -0.4 is 0 Å². The van der Waals surface area contributed by atoms with Crippen LogP contribution in [0.5, 0.6) is 0 Å². The molecule has 0 spiro atoms. The number of carbonyl (C=O) groups excluding carboxylic acids is 1. The molecular weight excluding hydrogens is 194 g/mol. The number of likely N-dealkylation sites (N-methyl/N-ethyl adjacent to an activating group) is 1. The topological polar surface area (TPSA) is 49.8 Å². The highest BCUT2D eigenvalue weighted by Gasteiger charge is 2.22. The minimum atomic E-state index is -0.734. The number of carbonyl (C=O) groups is 1. The molecule has 0 aliphatic rings. The van der Waals surface area contributed by atoms with E-state index in [4.69, 9.17) is 4.74 Å². The second-order valence-electron chi connectivity index (χ2n) is 3.96. The lowest BCUT2D eigenvalue weighted by Crippen LogP contribution is -2.42. The molecule has 90 valence electrons. The first kappa shape index (κ1) is 14.4. The van der Waals surface area contributed by atoms with Crippen molar-refractivity contribution < 1.29 is 14.6 Å². The van der Waals surface area contributed by atoms with Gasteiger partial charge in [-0.05, 0) is 26.8 Å². The molecule has 1 unspecified atom stereocenters. The lowest BCUT2D eigenvalue weighted by atomic mass is 10.0. The maximum absolute atomic E-state index is 11.2. The standard InChI is InChI=1S/C11H23NO3/c1-5-11(4,14)9-12(6-2)8-10(13)15-7-3/h14H,5-9H2,1-4H3. The molecule has 0 heterocycles. The molecular formula is C11H23NO3. The van der Waals surface area contributed by atoms with Crippen LogP contribution in [0.15, 0.2) is 0 Å². The van der Waals surface area contributed by atoms with E-state index in [1.165, 1.54) is 0 Å². The Labute approximate surface area is 92.2 Å². The first-order valence-corrected chi connectivity index (χ1v) is 5.55. The zero-order valence-electron chi connectivity index (χ0n) is 10.2. The molecule has 0 bridgehead atoms. The number of nitrogens with zero attached hydrogens (tertiary/aromatic N) is 1. The summed E-state index contributed by atoms with van der Waals surface area (Å²) in [7, 11) is 0. The van der Waals surface area contributed by atoms with Crippen molar-refractivity contribution in [2.75, 3.05) is 26.2 Å². The molecule has 0 aromatic rings. The average molecular weight is 217 g/mol. The molecule has 0 aromatic carbocycles. The van der Waals surface area contributed by atoms with E-state index >= 15 is 0 Å². The van der Waals surface area contributed by atoms with Crippen molar-refractivity contribution in [2.45, 2.75) is 39.7 Å². The van der Waals surface area contributed by atoms with Crippen LogP contribution in [0.4, 0.5) is 0 Å². The largest absolute Gasteiger partial charge is 0.465 e. The summed E-state index contributed by atoms with van der Waals surface area (Å²) >= 11 is 0. The first-order chi connectivity index (χ1) is 6.95. The minimum Gasteiger partial charge on any atom is -0.465 e. The van der Waals surface area contributed by atoms with Gasteiger partial charge >= 0.3 is 5.97 Å². The van der Waals surface area contributed by atoms with E-state index in [2.05, 4.69) is 0 Å². The third-order valence-corrected chi connectivity index (χ3v) is 2.43. The third-order valence-electron chi connectivity index (χ3n) is 2.43. The van der Waals surface area contributed by atoms with E-state index in [-0.39, 0.29) is 12.5 Å². The second-order valence-corrected chi connectivity index (χ2v) is 3.96. The number of esters is 1. The molecule has 0 aliphatic heterocycles. The summed E-state index contributed by atoms with van der Waals surface area (Å²) in [5, 5.41) is 9.87. The molecule has 0 saturated heterocycles. The van der Waals surface area contributed by atoms with E-state index in [0.717, 1.165) is 6.54 Å². The van der Waals surface area contributed by atoms with Gasteiger partial charge in [0.15, 0.2) is 0 Å². The van der Waals surface area contributed by atoms with E-state index in [1.807, 2.05) is 18.7 Å². The van der Waals surface area contributed by atoms with Crippen molar-refractivity contribution >= 4 is 5.97 Å². The van der Waals surface area contributed by atoms with Crippen LogP contribution in [0.2, 0.25) is 0 Å². The summed E-state index contributed by atoms with van der Waals surface area (Å²) in [6, 6.07) is 0. The van der Waals surface area contributed by atoms with Gasteiger partial charge in [-0.15, -0.1) is 0 Å². The molecule has 0 rings (SSSR count). The average Bonchev–Trinajstić information content (AvgIpc) is 2.17. The second kappa shape index (κ2) is 6.80. The van der Waals surface area contributed by atoms with Crippen LogP contribution in [0, 0.1) is 0 Å².